The summed E-state index contributed by atoms with van der Waals surface area (Å²) < 4.78 is 0.668. The highest BCUT2D eigenvalue weighted by Crippen LogP contribution is 2.28. The topological polar surface area (TPSA) is 79.3 Å². The second kappa shape index (κ2) is 5.97. The Hall–Kier alpha value is -1.69. The molecule has 0 saturated heterocycles. The molecule has 1 amide bonds. The summed E-state index contributed by atoms with van der Waals surface area (Å²) in [5, 5.41) is 11.8. The number of rotatable bonds is 3. The van der Waals surface area contributed by atoms with E-state index in [9.17, 15) is 9.59 Å². The van der Waals surface area contributed by atoms with Gasteiger partial charge >= 0.3 is 5.97 Å². The van der Waals surface area contributed by atoms with Crippen LogP contribution in [-0.2, 0) is 9.59 Å². The van der Waals surface area contributed by atoms with E-state index >= 15 is 0 Å². The average molecular weight is 325 g/mol. The molecular weight excluding hydrogens is 312 g/mol. The van der Waals surface area contributed by atoms with Gasteiger partial charge in [-0.05, 0) is 40.9 Å². The van der Waals surface area contributed by atoms with Crippen LogP contribution in [0.5, 0.6) is 0 Å². The van der Waals surface area contributed by atoms with Crippen LogP contribution in [0, 0.1) is 11.8 Å². The van der Waals surface area contributed by atoms with Gasteiger partial charge in [-0.15, -0.1) is 0 Å². The van der Waals surface area contributed by atoms with Crippen LogP contribution in [0.2, 0.25) is 0 Å². The minimum absolute atomic E-state index is 0.309. The number of aliphatic carboxylic acids is 1. The fourth-order valence-electron chi connectivity index (χ4n) is 2.06. The van der Waals surface area contributed by atoms with Gasteiger partial charge in [0.1, 0.15) is 5.82 Å². The first-order valence-electron chi connectivity index (χ1n) is 5.88. The Kier molecular flexibility index (Phi) is 4.31. The number of aromatic nitrogens is 1. The second-order valence-corrected chi connectivity index (χ2v) is 5.17. The molecule has 1 aromatic heterocycles. The molecule has 0 bridgehead atoms. The summed E-state index contributed by atoms with van der Waals surface area (Å²) in [5.41, 5.74) is 0. The predicted octanol–water partition coefficient (Wildman–Crippen LogP) is 2.45. The van der Waals surface area contributed by atoms with Gasteiger partial charge in [-0.2, -0.15) is 0 Å². The first-order valence-corrected chi connectivity index (χ1v) is 6.68. The van der Waals surface area contributed by atoms with Crippen molar-refractivity contribution in [2.45, 2.75) is 12.8 Å². The zero-order chi connectivity index (χ0) is 13.8. The summed E-state index contributed by atoms with van der Waals surface area (Å²) >= 11 is 3.29. The molecule has 19 heavy (non-hydrogen) atoms. The molecule has 2 rings (SSSR count). The SMILES string of the molecule is O=C(O)[C@H]1CC=CC[C@H]1C(=O)Nc1ncccc1Br. The van der Waals surface area contributed by atoms with Gasteiger partial charge in [-0.1, -0.05) is 12.2 Å². The van der Waals surface area contributed by atoms with Crippen molar-refractivity contribution in [3.63, 3.8) is 0 Å². The minimum Gasteiger partial charge on any atom is -0.481 e. The highest BCUT2D eigenvalue weighted by atomic mass is 79.9. The number of hydrogen-bond acceptors (Lipinski definition) is 3. The lowest BCUT2D eigenvalue weighted by Crippen LogP contribution is -2.35. The fraction of sp³-hybridized carbons (Fsp3) is 0.308. The maximum Gasteiger partial charge on any atom is 0.307 e. The van der Waals surface area contributed by atoms with Gasteiger partial charge in [-0.25, -0.2) is 4.98 Å². The van der Waals surface area contributed by atoms with E-state index in [0.717, 1.165) is 0 Å². The Morgan fingerprint density at radius 2 is 2.00 bits per heavy atom. The van der Waals surface area contributed by atoms with Gasteiger partial charge < -0.3 is 10.4 Å². The van der Waals surface area contributed by atoms with Crippen LogP contribution in [0.25, 0.3) is 0 Å². The van der Waals surface area contributed by atoms with Crippen LogP contribution in [0.3, 0.4) is 0 Å². The van der Waals surface area contributed by atoms with Crippen molar-refractivity contribution in [1.29, 1.82) is 0 Å². The molecule has 0 unspecified atom stereocenters. The van der Waals surface area contributed by atoms with Crippen LogP contribution in [0.15, 0.2) is 35.0 Å². The van der Waals surface area contributed by atoms with E-state index in [1.54, 1.807) is 24.4 Å². The van der Waals surface area contributed by atoms with E-state index in [-0.39, 0.29) is 5.91 Å². The summed E-state index contributed by atoms with van der Waals surface area (Å²) in [6, 6.07) is 3.50. The second-order valence-electron chi connectivity index (χ2n) is 4.32. The van der Waals surface area contributed by atoms with Gasteiger partial charge in [0.15, 0.2) is 0 Å². The molecule has 1 aliphatic carbocycles. The number of nitrogens with one attached hydrogen (secondary N) is 1. The van der Waals surface area contributed by atoms with Crippen LogP contribution < -0.4 is 5.32 Å². The van der Waals surface area contributed by atoms with Crippen molar-refractivity contribution >= 4 is 33.6 Å². The molecule has 6 heteroatoms. The first-order chi connectivity index (χ1) is 9.09. The Balaban J connectivity index is 2.13. The van der Waals surface area contributed by atoms with Gasteiger partial charge in [0.05, 0.1) is 16.3 Å². The molecule has 2 N–H and O–H groups in total. The van der Waals surface area contributed by atoms with Crippen LogP contribution in [0.4, 0.5) is 5.82 Å². The Labute approximate surface area is 118 Å². The van der Waals surface area contributed by atoms with E-state index in [0.29, 0.717) is 23.1 Å². The predicted molar refractivity (Wildman–Crippen MR) is 73.6 cm³/mol. The quantitative estimate of drug-likeness (QED) is 0.837. The van der Waals surface area contributed by atoms with Gasteiger partial charge in [-0.3, -0.25) is 9.59 Å². The van der Waals surface area contributed by atoms with E-state index < -0.39 is 17.8 Å². The van der Waals surface area contributed by atoms with Gasteiger partial charge in [0.25, 0.3) is 0 Å². The lowest BCUT2D eigenvalue weighted by atomic mass is 9.82. The number of carboxylic acids is 1. The lowest BCUT2D eigenvalue weighted by molar-refractivity contribution is -0.146. The molecule has 0 aromatic carbocycles. The molecule has 2 atom stereocenters. The third kappa shape index (κ3) is 3.20. The number of hydrogen-bond donors (Lipinski definition) is 2. The van der Waals surface area contributed by atoms with Crippen molar-refractivity contribution < 1.29 is 14.7 Å². The molecule has 1 aromatic rings. The number of pyridine rings is 1. The van der Waals surface area contributed by atoms with E-state index in [4.69, 9.17) is 5.11 Å². The zero-order valence-electron chi connectivity index (χ0n) is 10.0. The van der Waals surface area contributed by atoms with Crippen molar-refractivity contribution in [3.05, 3.63) is 35.0 Å². The number of carboxylic acid groups (broad SMARTS) is 1. The number of allylic oxidation sites excluding steroid dienone is 2. The fourth-order valence-corrected chi connectivity index (χ4v) is 2.42. The van der Waals surface area contributed by atoms with E-state index in [1.807, 2.05) is 6.08 Å². The molecule has 0 radical (unpaired) electrons. The molecule has 1 aliphatic rings. The monoisotopic (exact) mass is 324 g/mol. The summed E-state index contributed by atoms with van der Waals surface area (Å²) in [6.07, 6.45) is 6.04. The summed E-state index contributed by atoms with van der Waals surface area (Å²) in [5.74, 6) is -2.07. The zero-order valence-corrected chi connectivity index (χ0v) is 11.6. The Morgan fingerprint density at radius 1 is 1.32 bits per heavy atom. The van der Waals surface area contributed by atoms with Crippen molar-refractivity contribution in [2.24, 2.45) is 11.8 Å². The highest BCUT2D eigenvalue weighted by Gasteiger charge is 2.34. The summed E-state index contributed by atoms with van der Waals surface area (Å²) in [4.78, 5) is 27.4. The molecule has 1 heterocycles. The molecule has 0 saturated carbocycles. The van der Waals surface area contributed by atoms with Crippen LogP contribution in [0.1, 0.15) is 12.8 Å². The molecule has 5 nitrogen and oxygen atoms in total. The maximum absolute atomic E-state index is 12.2. The highest BCUT2D eigenvalue weighted by molar-refractivity contribution is 9.10. The average Bonchev–Trinajstić information content (AvgIpc) is 2.41. The van der Waals surface area contributed by atoms with Gasteiger partial charge in [0.2, 0.25) is 5.91 Å². The molecule has 0 fully saturated rings. The number of amides is 1. The third-order valence-electron chi connectivity index (χ3n) is 3.09. The van der Waals surface area contributed by atoms with Crippen molar-refractivity contribution in [3.8, 4) is 0 Å². The molecular formula is C13H13BrN2O3. The van der Waals surface area contributed by atoms with Crippen molar-refractivity contribution in [1.82, 2.24) is 4.98 Å². The third-order valence-corrected chi connectivity index (χ3v) is 3.73. The van der Waals surface area contributed by atoms with E-state index in [1.165, 1.54) is 0 Å². The number of carbonyl (C=O) groups is 2. The molecule has 100 valence electrons. The number of anilines is 1. The number of nitrogens with zero attached hydrogens (tertiary/aromatic N) is 1. The van der Waals surface area contributed by atoms with Crippen LogP contribution >= 0.6 is 15.9 Å². The molecule has 0 spiro atoms. The number of halogens is 1. The van der Waals surface area contributed by atoms with E-state index in [2.05, 4.69) is 26.2 Å². The molecule has 0 aliphatic heterocycles. The van der Waals surface area contributed by atoms with Crippen molar-refractivity contribution in [2.75, 3.05) is 5.32 Å². The number of carbonyl (C=O) groups excluding carboxylic acids is 1. The standard InChI is InChI=1S/C13H13BrN2O3/c14-10-6-3-7-15-11(10)16-12(17)8-4-1-2-5-9(8)13(18)19/h1-3,6-9H,4-5H2,(H,18,19)(H,15,16,17)/t8-,9+/m1/s1. The van der Waals surface area contributed by atoms with Crippen LogP contribution in [-0.4, -0.2) is 22.0 Å². The Morgan fingerprint density at radius 3 is 2.63 bits per heavy atom. The normalized spacial score (nSPS) is 21.9. The minimum atomic E-state index is -0.940. The van der Waals surface area contributed by atoms with Gasteiger partial charge in [0, 0.05) is 6.20 Å². The first kappa shape index (κ1) is 13.7. The Bertz CT molecular complexity index is 530. The maximum atomic E-state index is 12.2. The smallest absolute Gasteiger partial charge is 0.307 e. The largest absolute Gasteiger partial charge is 0.481 e. The summed E-state index contributed by atoms with van der Waals surface area (Å²) in [6.45, 7) is 0. The lowest BCUT2D eigenvalue weighted by Gasteiger charge is -2.24. The summed E-state index contributed by atoms with van der Waals surface area (Å²) in [7, 11) is 0.